The monoisotopic (exact) mass is 373 g/mol. The van der Waals surface area contributed by atoms with Crippen molar-refractivity contribution < 1.29 is 25.3 Å². The minimum atomic E-state index is -0.421. The molecule has 1 aromatic rings. The third-order valence-electron chi connectivity index (χ3n) is 3.39. The van der Waals surface area contributed by atoms with E-state index in [-0.39, 0.29) is 23.9 Å². The zero-order valence-corrected chi connectivity index (χ0v) is 15.7. The SMILES string of the molecule is CC.O=C(CCCCNC(=O)CCCCC(=O)Nc1ccccc1)NO.[HH].[HH].[HH].[HH]. The molecule has 7 heteroatoms. The Hall–Kier alpha value is -2.41. The molecule has 154 valence electrons. The molecule has 0 saturated heterocycles. The molecule has 7 nitrogen and oxygen atoms in total. The number of hydroxylamine groups is 1. The highest BCUT2D eigenvalue weighted by Gasteiger charge is 2.05. The van der Waals surface area contributed by atoms with Gasteiger partial charge in [-0.05, 0) is 37.8 Å². The topological polar surface area (TPSA) is 108 Å². The van der Waals surface area contributed by atoms with Crippen molar-refractivity contribution in [2.24, 2.45) is 0 Å². The van der Waals surface area contributed by atoms with Gasteiger partial charge in [0.15, 0.2) is 0 Å². The van der Waals surface area contributed by atoms with Gasteiger partial charge >= 0.3 is 0 Å². The molecule has 0 fully saturated rings. The fourth-order valence-electron chi connectivity index (χ4n) is 2.10. The van der Waals surface area contributed by atoms with E-state index in [9.17, 15) is 14.4 Å². The first kappa shape index (κ1) is 23.6. The Morgan fingerprint density at radius 3 is 2.00 bits per heavy atom. The van der Waals surface area contributed by atoms with Crippen molar-refractivity contribution in [2.75, 3.05) is 11.9 Å². The van der Waals surface area contributed by atoms with E-state index in [2.05, 4.69) is 10.6 Å². The van der Waals surface area contributed by atoms with Crippen molar-refractivity contribution in [1.82, 2.24) is 10.8 Å². The number of carbonyl (C=O) groups excluding carboxylic acids is 3. The predicted molar refractivity (Wildman–Crippen MR) is 110 cm³/mol. The third kappa shape index (κ3) is 12.9. The maximum atomic E-state index is 11.7. The average molecular weight is 374 g/mol. The third-order valence-corrected chi connectivity index (χ3v) is 3.39. The molecule has 0 radical (unpaired) electrons. The van der Waals surface area contributed by atoms with E-state index in [0.29, 0.717) is 45.1 Å². The average Bonchev–Trinajstić information content (AvgIpc) is 2.67. The van der Waals surface area contributed by atoms with E-state index in [1.165, 1.54) is 0 Å². The molecular formula is C19H39N3O4. The van der Waals surface area contributed by atoms with Gasteiger partial charge in [0.2, 0.25) is 17.7 Å². The molecule has 0 atom stereocenters. The first-order chi connectivity index (χ1) is 12.6. The summed E-state index contributed by atoms with van der Waals surface area (Å²) in [5.41, 5.74) is 2.34. The van der Waals surface area contributed by atoms with Crippen LogP contribution in [0.15, 0.2) is 30.3 Å². The summed E-state index contributed by atoms with van der Waals surface area (Å²) in [6.45, 7) is 4.51. The standard InChI is InChI=1S/C17H25N3O4.C2H6.4H2/c21-15(18-13-7-6-12-17(23)20-24)10-4-5-11-16(22)19-14-8-2-1-3-9-14;1-2;;;;/h1-3,8-9,24H,4-7,10-13H2,(H,18,21)(H,19,22)(H,20,23);1-2H3;4*1H. The zero-order chi connectivity index (χ0) is 19.6. The van der Waals surface area contributed by atoms with Gasteiger partial charge in [-0.25, -0.2) is 5.48 Å². The molecule has 1 rings (SSSR count). The summed E-state index contributed by atoms with van der Waals surface area (Å²) >= 11 is 0. The summed E-state index contributed by atoms with van der Waals surface area (Å²) in [5.74, 6) is -0.524. The zero-order valence-electron chi connectivity index (χ0n) is 15.7. The molecule has 26 heavy (non-hydrogen) atoms. The van der Waals surface area contributed by atoms with Gasteiger partial charge in [-0.2, -0.15) is 0 Å². The van der Waals surface area contributed by atoms with Crippen LogP contribution in [0.3, 0.4) is 0 Å². The fourth-order valence-corrected chi connectivity index (χ4v) is 2.10. The second-order valence-electron chi connectivity index (χ2n) is 5.46. The Bertz CT molecular complexity index is 538. The first-order valence-corrected chi connectivity index (χ1v) is 9.16. The first-order valence-electron chi connectivity index (χ1n) is 9.16. The van der Waals surface area contributed by atoms with Crippen LogP contribution in [0.4, 0.5) is 5.69 Å². The van der Waals surface area contributed by atoms with E-state index in [1.54, 1.807) is 5.48 Å². The summed E-state index contributed by atoms with van der Waals surface area (Å²) in [5, 5.41) is 13.9. The summed E-state index contributed by atoms with van der Waals surface area (Å²) in [4.78, 5) is 34.1. The number of nitrogens with one attached hydrogen (secondary N) is 3. The Morgan fingerprint density at radius 1 is 0.846 bits per heavy atom. The summed E-state index contributed by atoms with van der Waals surface area (Å²) < 4.78 is 0. The van der Waals surface area contributed by atoms with Crippen LogP contribution in [-0.4, -0.2) is 29.5 Å². The molecule has 0 aromatic heterocycles. The number of hydrogen-bond acceptors (Lipinski definition) is 4. The Labute approximate surface area is 161 Å². The van der Waals surface area contributed by atoms with Crippen LogP contribution >= 0.6 is 0 Å². The number of carbonyl (C=O) groups is 3. The molecule has 0 aliphatic rings. The van der Waals surface area contributed by atoms with Gasteiger partial charge in [-0.15, -0.1) is 0 Å². The number of amides is 3. The molecule has 4 N–H and O–H groups in total. The molecule has 0 unspecified atom stereocenters. The van der Waals surface area contributed by atoms with Crippen LogP contribution < -0.4 is 16.1 Å². The molecule has 0 spiro atoms. The smallest absolute Gasteiger partial charge is 0.243 e. The maximum absolute atomic E-state index is 11.7. The molecule has 3 amide bonds. The van der Waals surface area contributed by atoms with Gasteiger partial charge in [0.25, 0.3) is 0 Å². The molecule has 0 saturated carbocycles. The predicted octanol–water partition coefficient (Wildman–Crippen LogP) is 3.99. The van der Waals surface area contributed by atoms with Crippen LogP contribution in [0.5, 0.6) is 0 Å². The number of anilines is 1. The highest BCUT2D eigenvalue weighted by Crippen LogP contribution is 2.07. The number of unbranched alkanes of at least 4 members (excludes halogenated alkanes) is 2. The molecule has 0 bridgehead atoms. The van der Waals surface area contributed by atoms with Gasteiger partial charge in [0.1, 0.15) is 0 Å². The Kier molecular flexibility index (Phi) is 14.6. The van der Waals surface area contributed by atoms with E-state index in [1.807, 2.05) is 44.2 Å². The summed E-state index contributed by atoms with van der Waals surface area (Å²) in [7, 11) is 0. The normalized spacial score (nSPS) is 9.50. The van der Waals surface area contributed by atoms with Gasteiger partial charge in [-0.3, -0.25) is 19.6 Å². The highest BCUT2D eigenvalue weighted by atomic mass is 16.5. The fraction of sp³-hybridized carbons (Fsp3) is 0.526. The Morgan fingerprint density at radius 2 is 1.38 bits per heavy atom. The van der Waals surface area contributed by atoms with Crippen molar-refractivity contribution >= 4 is 23.4 Å². The lowest BCUT2D eigenvalue weighted by molar-refractivity contribution is -0.129. The summed E-state index contributed by atoms with van der Waals surface area (Å²) in [6.07, 6.45) is 3.60. The van der Waals surface area contributed by atoms with Crippen molar-refractivity contribution in [3.63, 3.8) is 0 Å². The lowest BCUT2D eigenvalue weighted by Crippen LogP contribution is -2.24. The number of benzene rings is 1. The van der Waals surface area contributed by atoms with Crippen LogP contribution in [0.1, 0.15) is 64.5 Å². The van der Waals surface area contributed by atoms with Gasteiger partial charge in [-0.1, -0.05) is 32.0 Å². The van der Waals surface area contributed by atoms with Gasteiger partial charge < -0.3 is 10.6 Å². The van der Waals surface area contributed by atoms with Crippen LogP contribution in [0.25, 0.3) is 0 Å². The van der Waals surface area contributed by atoms with E-state index < -0.39 is 5.91 Å². The van der Waals surface area contributed by atoms with Gasteiger partial charge in [0.05, 0.1) is 0 Å². The minimum absolute atomic E-state index is 0. The highest BCUT2D eigenvalue weighted by molar-refractivity contribution is 5.90. The van der Waals surface area contributed by atoms with Crippen LogP contribution in [-0.2, 0) is 14.4 Å². The second kappa shape index (κ2) is 16.1. The Balaban J connectivity index is -0.000000336. The number of hydrogen-bond donors (Lipinski definition) is 4. The maximum Gasteiger partial charge on any atom is 0.243 e. The van der Waals surface area contributed by atoms with Gasteiger partial charge in [0, 0.05) is 37.2 Å². The minimum Gasteiger partial charge on any atom is -0.356 e. The van der Waals surface area contributed by atoms with Crippen molar-refractivity contribution in [3.8, 4) is 0 Å². The molecule has 0 heterocycles. The number of rotatable bonds is 11. The van der Waals surface area contributed by atoms with Crippen LogP contribution in [0.2, 0.25) is 0 Å². The molecule has 0 aliphatic heterocycles. The molecule has 0 aliphatic carbocycles. The van der Waals surface area contributed by atoms with E-state index in [0.717, 1.165) is 5.69 Å². The van der Waals surface area contributed by atoms with Crippen LogP contribution in [0, 0.1) is 0 Å². The van der Waals surface area contributed by atoms with Crippen molar-refractivity contribution in [3.05, 3.63) is 30.3 Å². The largest absolute Gasteiger partial charge is 0.356 e. The lowest BCUT2D eigenvalue weighted by Gasteiger charge is -2.06. The van der Waals surface area contributed by atoms with Crippen molar-refractivity contribution in [2.45, 2.75) is 58.8 Å². The molecular weight excluding hydrogens is 334 g/mol. The molecule has 1 aromatic carbocycles. The van der Waals surface area contributed by atoms with E-state index in [4.69, 9.17) is 5.21 Å². The van der Waals surface area contributed by atoms with E-state index >= 15 is 0 Å². The van der Waals surface area contributed by atoms with Crippen molar-refractivity contribution in [1.29, 1.82) is 0 Å². The second-order valence-corrected chi connectivity index (χ2v) is 5.46. The lowest BCUT2D eigenvalue weighted by atomic mass is 10.1. The number of para-hydroxylation sites is 1. The summed E-state index contributed by atoms with van der Waals surface area (Å²) in [6, 6.07) is 9.26. The quantitative estimate of drug-likeness (QED) is 0.267.